The molecule has 0 unspecified atom stereocenters. The molecule has 2 heterocycles. The fourth-order valence-corrected chi connectivity index (χ4v) is 2.31. The minimum absolute atomic E-state index is 0.0782. The second kappa shape index (κ2) is 5.51. The number of hydrogen-bond acceptors (Lipinski definition) is 3. The van der Waals surface area contributed by atoms with E-state index in [1.807, 2.05) is 30.3 Å². The standard InChI is InChI=1S/C15H13ClN2O2/c16-13-7-6-12-14(17-13)20-9-8-18(15(12)19)10-11-4-2-1-3-5-11/h1-7H,8-10H2. The number of pyridine rings is 1. The molecule has 0 spiro atoms. The molecule has 102 valence electrons. The molecule has 4 nitrogen and oxygen atoms in total. The van der Waals surface area contributed by atoms with Crippen LogP contribution in [0.15, 0.2) is 42.5 Å². The van der Waals surface area contributed by atoms with Crippen molar-refractivity contribution in [2.45, 2.75) is 6.54 Å². The largest absolute Gasteiger partial charge is 0.475 e. The first-order valence-electron chi connectivity index (χ1n) is 6.36. The minimum Gasteiger partial charge on any atom is -0.475 e. The van der Waals surface area contributed by atoms with Crippen molar-refractivity contribution >= 4 is 17.5 Å². The first-order valence-corrected chi connectivity index (χ1v) is 6.74. The number of nitrogens with zero attached hydrogens (tertiary/aromatic N) is 2. The van der Waals surface area contributed by atoms with Crippen LogP contribution >= 0.6 is 11.6 Å². The predicted octanol–water partition coefficient (Wildman–Crippen LogP) is 2.77. The maximum Gasteiger partial charge on any atom is 0.259 e. The van der Waals surface area contributed by atoms with Gasteiger partial charge in [-0.2, -0.15) is 0 Å². The third-order valence-corrected chi connectivity index (χ3v) is 3.37. The normalized spacial score (nSPS) is 14.4. The van der Waals surface area contributed by atoms with Crippen LogP contribution in [-0.2, 0) is 6.54 Å². The van der Waals surface area contributed by atoms with Crippen molar-refractivity contribution in [2.75, 3.05) is 13.2 Å². The van der Waals surface area contributed by atoms with Gasteiger partial charge in [-0.15, -0.1) is 0 Å². The van der Waals surface area contributed by atoms with Gasteiger partial charge in [0.15, 0.2) is 0 Å². The van der Waals surface area contributed by atoms with Crippen molar-refractivity contribution < 1.29 is 9.53 Å². The number of rotatable bonds is 2. The quantitative estimate of drug-likeness (QED) is 0.798. The maximum atomic E-state index is 12.5. The third-order valence-electron chi connectivity index (χ3n) is 3.16. The van der Waals surface area contributed by atoms with Crippen LogP contribution < -0.4 is 4.74 Å². The van der Waals surface area contributed by atoms with E-state index in [-0.39, 0.29) is 5.91 Å². The lowest BCUT2D eigenvalue weighted by Crippen LogP contribution is -2.31. The summed E-state index contributed by atoms with van der Waals surface area (Å²) in [5.74, 6) is 0.239. The molecule has 1 amide bonds. The molecule has 1 aliphatic heterocycles. The van der Waals surface area contributed by atoms with Gasteiger partial charge in [0.25, 0.3) is 5.91 Å². The third kappa shape index (κ3) is 2.60. The van der Waals surface area contributed by atoms with E-state index in [4.69, 9.17) is 16.3 Å². The van der Waals surface area contributed by atoms with Crippen LogP contribution in [0.2, 0.25) is 5.15 Å². The molecule has 20 heavy (non-hydrogen) atoms. The number of aromatic nitrogens is 1. The Morgan fingerprint density at radius 2 is 2.00 bits per heavy atom. The number of amides is 1. The Labute approximate surface area is 122 Å². The van der Waals surface area contributed by atoms with Crippen molar-refractivity contribution in [2.24, 2.45) is 0 Å². The van der Waals surface area contributed by atoms with E-state index < -0.39 is 0 Å². The molecule has 1 aromatic heterocycles. The Hall–Kier alpha value is -2.07. The Kier molecular flexibility index (Phi) is 3.56. The van der Waals surface area contributed by atoms with Crippen molar-refractivity contribution in [3.05, 3.63) is 58.7 Å². The molecule has 0 atom stereocenters. The zero-order valence-corrected chi connectivity index (χ0v) is 11.5. The Morgan fingerprint density at radius 3 is 2.80 bits per heavy atom. The van der Waals surface area contributed by atoms with E-state index in [1.165, 1.54) is 0 Å². The molecule has 0 N–H and O–H groups in total. The highest BCUT2D eigenvalue weighted by Gasteiger charge is 2.24. The van der Waals surface area contributed by atoms with Gasteiger partial charge in [-0.1, -0.05) is 41.9 Å². The summed E-state index contributed by atoms with van der Waals surface area (Å²) in [6.07, 6.45) is 0. The summed E-state index contributed by atoms with van der Waals surface area (Å²) < 4.78 is 5.51. The van der Waals surface area contributed by atoms with Crippen LogP contribution in [0, 0.1) is 0 Å². The number of carbonyl (C=O) groups excluding carboxylic acids is 1. The van der Waals surface area contributed by atoms with Crippen LogP contribution in [0.3, 0.4) is 0 Å². The summed E-state index contributed by atoms with van der Waals surface area (Å²) >= 11 is 5.83. The molecule has 0 saturated carbocycles. The number of fused-ring (bicyclic) bond motifs is 1. The summed E-state index contributed by atoms with van der Waals surface area (Å²) in [4.78, 5) is 18.3. The van der Waals surface area contributed by atoms with Gasteiger partial charge in [0.2, 0.25) is 5.88 Å². The molecule has 5 heteroatoms. The van der Waals surface area contributed by atoms with Crippen LogP contribution in [0.4, 0.5) is 0 Å². The Balaban J connectivity index is 1.87. The molecule has 3 rings (SSSR count). The molecule has 1 aliphatic rings. The fourth-order valence-electron chi connectivity index (χ4n) is 2.17. The van der Waals surface area contributed by atoms with Crippen molar-refractivity contribution in [1.29, 1.82) is 0 Å². The molecule has 0 bridgehead atoms. The van der Waals surface area contributed by atoms with Gasteiger partial charge in [0, 0.05) is 6.54 Å². The Morgan fingerprint density at radius 1 is 1.20 bits per heavy atom. The SMILES string of the molecule is O=C1c2ccc(Cl)nc2OCCN1Cc1ccccc1. The highest BCUT2D eigenvalue weighted by atomic mass is 35.5. The second-order valence-corrected chi connectivity index (χ2v) is 4.93. The molecule has 0 aliphatic carbocycles. The smallest absolute Gasteiger partial charge is 0.259 e. The topological polar surface area (TPSA) is 42.4 Å². The van der Waals surface area contributed by atoms with Gasteiger partial charge < -0.3 is 9.64 Å². The lowest BCUT2D eigenvalue weighted by molar-refractivity contribution is 0.0743. The van der Waals surface area contributed by atoms with Crippen LogP contribution in [0.25, 0.3) is 0 Å². The average Bonchev–Trinajstić information content (AvgIpc) is 2.60. The lowest BCUT2D eigenvalue weighted by Gasteiger charge is -2.19. The molecular weight excluding hydrogens is 276 g/mol. The van der Waals surface area contributed by atoms with Crippen molar-refractivity contribution in [3.63, 3.8) is 0 Å². The second-order valence-electron chi connectivity index (χ2n) is 4.55. The van der Waals surface area contributed by atoms with Crippen LogP contribution in [-0.4, -0.2) is 28.9 Å². The molecule has 0 radical (unpaired) electrons. The first kappa shape index (κ1) is 12.9. The van der Waals surface area contributed by atoms with Gasteiger partial charge in [0.1, 0.15) is 17.3 Å². The van der Waals surface area contributed by atoms with E-state index in [2.05, 4.69) is 4.98 Å². The number of halogens is 1. The summed E-state index contributed by atoms with van der Waals surface area (Å²) in [7, 11) is 0. The predicted molar refractivity (Wildman–Crippen MR) is 75.9 cm³/mol. The number of carbonyl (C=O) groups is 1. The summed E-state index contributed by atoms with van der Waals surface area (Å²) in [6.45, 7) is 1.51. The molecule has 0 saturated heterocycles. The van der Waals surface area contributed by atoms with Gasteiger partial charge in [0.05, 0.1) is 6.54 Å². The van der Waals surface area contributed by atoms with E-state index >= 15 is 0 Å². The van der Waals surface area contributed by atoms with E-state index in [9.17, 15) is 4.79 Å². The summed E-state index contributed by atoms with van der Waals surface area (Å²) in [6, 6.07) is 13.1. The Bertz CT molecular complexity index is 631. The van der Waals surface area contributed by atoms with Gasteiger partial charge >= 0.3 is 0 Å². The van der Waals surface area contributed by atoms with E-state index in [0.29, 0.717) is 36.3 Å². The molecule has 1 aromatic carbocycles. The maximum absolute atomic E-state index is 12.5. The molecular formula is C15H13ClN2O2. The zero-order valence-electron chi connectivity index (χ0n) is 10.8. The van der Waals surface area contributed by atoms with Gasteiger partial charge in [-0.3, -0.25) is 4.79 Å². The minimum atomic E-state index is -0.0782. The average molecular weight is 289 g/mol. The lowest BCUT2D eigenvalue weighted by atomic mass is 10.2. The van der Waals surface area contributed by atoms with Gasteiger partial charge in [-0.25, -0.2) is 4.98 Å². The van der Waals surface area contributed by atoms with E-state index in [1.54, 1.807) is 17.0 Å². The zero-order chi connectivity index (χ0) is 13.9. The molecule has 0 fully saturated rings. The van der Waals surface area contributed by atoms with Crippen molar-refractivity contribution in [1.82, 2.24) is 9.88 Å². The first-order chi connectivity index (χ1) is 9.74. The van der Waals surface area contributed by atoms with E-state index in [0.717, 1.165) is 5.56 Å². The van der Waals surface area contributed by atoms with Gasteiger partial charge in [-0.05, 0) is 17.7 Å². The highest BCUT2D eigenvalue weighted by molar-refractivity contribution is 6.29. The molecule has 2 aromatic rings. The number of ether oxygens (including phenoxy) is 1. The van der Waals surface area contributed by atoms with Crippen molar-refractivity contribution in [3.8, 4) is 5.88 Å². The fraction of sp³-hybridized carbons (Fsp3) is 0.200. The number of benzene rings is 1. The van der Waals surface area contributed by atoms with Crippen LogP contribution in [0.5, 0.6) is 5.88 Å². The van der Waals surface area contributed by atoms with Crippen LogP contribution in [0.1, 0.15) is 15.9 Å². The summed E-state index contributed by atoms with van der Waals surface area (Å²) in [5, 5.41) is 0.327. The number of hydrogen-bond donors (Lipinski definition) is 0. The monoisotopic (exact) mass is 288 g/mol. The summed E-state index contributed by atoms with van der Waals surface area (Å²) in [5.41, 5.74) is 1.55. The highest BCUT2D eigenvalue weighted by Crippen LogP contribution is 2.23.